The van der Waals surface area contributed by atoms with Crippen LogP contribution in [0.1, 0.15) is 77.6 Å². The van der Waals surface area contributed by atoms with Gasteiger partial charge in [-0.15, -0.1) is 0 Å². The monoisotopic (exact) mass is 1010 g/mol. The Morgan fingerprint density at radius 1 is 0.400 bits per heavy atom. The van der Waals surface area contributed by atoms with E-state index in [-0.39, 0.29) is 49.4 Å². The van der Waals surface area contributed by atoms with Gasteiger partial charge in [0.25, 0.3) is 0 Å². The zero-order valence-electron chi connectivity index (χ0n) is 39.6. The van der Waals surface area contributed by atoms with Crippen molar-refractivity contribution in [2.45, 2.75) is 130 Å². The van der Waals surface area contributed by atoms with E-state index < -0.39 is 87.7 Å². The van der Waals surface area contributed by atoms with E-state index >= 15 is 9.13 Å². The molecule has 7 rings (SSSR count). The fraction of sp³-hybridized carbons (Fsp3) is 0.417. The molecular weight excluding hydrogens is 958 g/mol. The molecule has 0 aromatic heterocycles. The minimum absolute atomic E-state index is 0.285. The van der Waals surface area contributed by atoms with Crippen LogP contribution in [0.4, 0.5) is 0 Å². The smallest absolute Gasteiger partial charge is 0.427 e. The molecule has 0 N–H and O–H groups in total. The summed E-state index contributed by atoms with van der Waals surface area (Å²) in [7, 11) is -9.37. The molecule has 1 saturated carbocycles. The molecule has 2 aliphatic heterocycles. The first-order valence-corrected chi connectivity index (χ1v) is 24.9. The summed E-state index contributed by atoms with van der Waals surface area (Å²) in [6, 6.07) is 25.2. The van der Waals surface area contributed by atoms with Gasteiger partial charge in [-0.2, -0.15) is 0 Å². The highest BCUT2D eigenvalue weighted by molar-refractivity contribution is 7.48. The molecule has 3 aliphatic rings. The van der Waals surface area contributed by atoms with Gasteiger partial charge in [0, 0.05) is 27.7 Å². The van der Waals surface area contributed by atoms with Crippen molar-refractivity contribution in [3.63, 3.8) is 0 Å². The van der Waals surface area contributed by atoms with Gasteiger partial charge in [0.15, 0.2) is 11.6 Å². The Balaban J connectivity index is 1.18. The summed E-state index contributed by atoms with van der Waals surface area (Å²) in [4.78, 5) is 46.1. The molecule has 376 valence electrons. The van der Waals surface area contributed by atoms with Gasteiger partial charge in [0.1, 0.15) is 59.6 Å². The minimum Gasteiger partial charge on any atom is -0.427 e. The van der Waals surface area contributed by atoms with E-state index in [1.807, 2.05) is 0 Å². The van der Waals surface area contributed by atoms with E-state index in [9.17, 15) is 19.2 Å². The van der Waals surface area contributed by atoms with Crippen molar-refractivity contribution in [3.05, 3.63) is 119 Å². The molecule has 22 heteroatoms. The number of ether oxygens (including phenoxy) is 8. The van der Waals surface area contributed by atoms with E-state index in [4.69, 9.17) is 65.0 Å². The summed E-state index contributed by atoms with van der Waals surface area (Å²) in [6.45, 7) is 10.4. The number of hydrogen-bond acceptors (Lipinski definition) is 20. The minimum atomic E-state index is -4.69. The molecule has 20 nitrogen and oxygen atoms in total. The van der Waals surface area contributed by atoms with Gasteiger partial charge in [-0.3, -0.25) is 46.3 Å². The predicted octanol–water partition coefficient (Wildman–Crippen LogP) is 8.60. The largest absolute Gasteiger partial charge is 0.475 e. The average Bonchev–Trinajstić information content (AvgIpc) is 3.80. The first-order chi connectivity index (χ1) is 33.0. The predicted molar refractivity (Wildman–Crippen MR) is 243 cm³/mol. The van der Waals surface area contributed by atoms with Gasteiger partial charge in [-0.05, 0) is 98.5 Å². The number of carbonyl (C=O) groups excluding carboxylic acids is 4. The lowest BCUT2D eigenvalue weighted by atomic mass is 9.85. The molecule has 2 unspecified atom stereocenters. The van der Waals surface area contributed by atoms with Crippen molar-refractivity contribution < 1.29 is 93.3 Å². The van der Waals surface area contributed by atoms with Gasteiger partial charge in [0.05, 0.1) is 26.4 Å². The molecule has 2 saturated heterocycles. The highest BCUT2D eigenvalue weighted by atomic mass is 31.2. The maximum atomic E-state index is 15.1. The van der Waals surface area contributed by atoms with Crippen LogP contribution in [-0.2, 0) is 101 Å². The number of phosphoric acid groups is 2. The lowest BCUT2D eigenvalue weighted by molar-refractivity contribution is -0.182. The number of rotatable bonds is 20. The number of hydrogen-bond donors (Lipinski definition) is 0. The molecule has 1 aliphatic carbocycles. The zero-order chi connectivity index (χ0) is 50.4. The first-order valence-electron chi connectivity index (χ1n) is 22.0. The van der Waals surface area contributed by atoms with Crippen LogP contribution in [0.5, 0.6) is 23.0 Å². The summed E-state index contributed by atoms with van der Waals surface area (Å²) >= 11 is 0. The lowest BCUT2D eigenvalue weighted by Crippen LogP contribution is -2.62. The Hall–Kier alpha value is -5.18. The van der Waals surface area contributed by atoms with Gasteiger partial charge in [-0.25, -0.2) is 9.13 Å². The van der Waals surface area contributed by atoms with Gasteiger partial charge in [0.2, 0.25) is 0 Å². The number of phosphoric ester groups is 2. The molecule has 3 fully saturated rings. The summed E-state index contributed by atoms with van der Waals surface area (Å²) in [5.41, 5.74) is 2.06. The summed E-state index contributed by atoms with van der Waals surface area (Å²) < 4.78 is 114. The van der Waals surface area contributed by atoms with E-state index in [0.29, 0.717) is 22.3 Å². The third-order valence-corrected chi connectivity index (χ3v) is 13.2. The topological polar surface area (TPSA) is 232 Å². The third-order valence-electron chi connectivity index (χ3n) is 10.4. The van der Waals surface area contributed by atoms with Gasteiger partial charge >= 0.3 is 39.5 Å². The van der Waals surface area contributed by atoms with Crippen molar-refractivity contribution in [1.29, 1.82) is 0 Å². The molecule has 0 spiro atoms. The van der Waals surface area contributed by atoms with Gasteiger partial charge < -0.3 is 37.9 Å². The van der Waals surface area contributed by atoms with E-state index in [0.717, 1.165) is 0 Å². The van der Waals surface area contributed by atoms with E-state index in [1.54, 1.807) is 125 Å². The highest BCUT2D eigenvalue weighted by Gasteiger charge is 2.66. The van der Waals surface area contributed by atoms with Crippen LogP contribution in [0.2, 0.25) is 0 Å². The third kappa shape index (κ3) is 14.5. The van der Waals surface area contributed by atoms with Crippen molar-refractivity contribution in [1.82, 2.24) is 0 Å². The molecule has 70 heavy (non-hydrogen) atoms. The second kappa shape index (κ2) is 22.1. The van der Waals surface area contributed by atoms with Crippen LogP contribution >= 0.6 is 15.6 Å². The molecule has 4 aromatic carbocycles. The second-order valence-corrected chi connectivity index (χ2v) is 20.5. The molecule has 6 atom stereocenters. The van der Waals surface area contributed by atoms with Crippen molar-refractivity contribution in [2.24, 2.45) is 0 Å². The van der Waals surface area contributed by atoms with Crippen molar-refractivity contribution >= 4 is 39.5 Å². The number of benzene rings is 4. The Labute approximate surface area is 404 Å². The fourth-order valence-corrected chi connectivity index (χ4v) is 10.3. The first kappa shape index (κ1) is 52.6. The van der Waals surface area contributed by atoms with Crippen LogP contribution in [0, 0.1) is 0 Å². The standard InChI is InChI=1S/C48H54O20P2/c1-29(49)59-37-17-9-33(10-18-37)25-55-69(53,56-26-34-11-19-38(20-12-34)60-30(2)50)67-45-41-43(65-47(5,6)63-41)46(44-42(45)64-48(7,8)66-44)68-70(54,57-27-35-13-21-39(22-14-35)61-31(3)51)58-28-36-15-23-40(24-16-36)62-32(4)52/h9-24,41-46H,25-28H2,1-8H3/t41-,42-,43-,44+,45?,46?/m1/s1. The molecule has 4 aromatic rings. The van der Waals surface area contributed by atoms with Crippen LogP contribution in [0.25, 0.3) is 0 Å². The van der Waals surface area contributed by atoms with Crippen LogP contribution < -0.4 is 18.9 Å². The zero-order valence-corrected chi connectivity index (χ0v) is 41.4. The fourth-order valence-electron chi connectivity index (χ4n) is 7.65. The average molecular weight is 1010 g/mol. The van der Waals surface area contributed by atoms with E-state index in [2.05, 4.69) is 0 Å². The quantitative estimate of drug-likeness (QED) is 0.0458. The SMILES string of the molecule is CC(=O)Oc1ccc(COP(=O)(OCc2ccc(OC(C)=O)cc2)OC2[C@H]3OC(C)(C)O[C@H]3C(OP(=O)(OCc3ccc(OC(C)=O)cc3)OCc3ccc(OC(C)=O)cc3)[C@@H]3OC(C)(C)O[C@@H]23)cc1. The molecule has 0 bridgehead atoms. The second-order valence-electron chi connectivity index (χ2n) is 17.2. The van der Waals surface area contributed by atoms with Crippen LogP contribution in [-0.4, -0.2) is 72.1 Å². The Bertz CT molecular complexity index is 2240. The van der Waals surface area contributed by atoms with Crippen molar-refractivity contribution in [3.8, 4) is 23.0 Å². The van der Waals surface area contributed by atoms with E-state index in [1.165, 1.54) is 27.7 Å². The maximum Gasteiger partial charge on any atom is 0.475 e. The maximum absolute atomic E-state index is 15.1. The Morgan fingerprint density at radius 2 is 0.600 bits per heavy atom. The normalized spacial score (nSPS) is 22.3. The molecule has 2 heterocycles. The Kier molecular flexibility index (Phi) is 16.6. The summed E-state index contributed by atoms with van der Waals surface area (Å²) in [5, 5.41) is 0. The summed E-state index contributed by atoms with van der Waals surface area (Å²) in [5.74, 6) is -3.58. The van der Waals surface area contributed by atoms with Gasteiger partial charge in [-0.1, -0.05) is 48.5 Å². The number of esters is 4. The number of carbonyl (C=O) groups is 4. The highest BCUT2D eigenvalue weighted by Crippen LogP contribution is 2.60. The van der Waals surface area contributed by atoms with Crippen molar-refractivity contribution in [2.75, 3.05) is 0 Å². The van der Waals surface area contributed by atoms with Crippen LogP contribution in [0.15, 0.2) is 97.1 Å². The number of fused-ring (bicyclic) bond motifs is 2. The lowest BCUT2D eigenvalue weighted by Gasteiger charge is -2.43. The molecule has 0 radical (unpaired) electrons. The van der Waals surface area contributed by atoms with Crippen LogP contribution in [0.3, 0.4) is 0 Å². The molecular formula is C48H54O20P2. The molecule has 0 amide bonds. The summed E-state index contributed by atoms with van der Waals surface area (Å²) in [6.07, 6.45) is -7.37. The Morgan fingerprint density at radius 3 is 0.786 bits per heavy atom.